The first kappa shape index (κ1) is 9.87. The first-order valence-electron chi connectivity index (χ1n) is 5.09. The van der Waals surface area contributed by atoms with Gasteiger partial charge in [0.1, 0.15) is 11.8 Å². The number of aromatic nitrogens is 2. The standard InChI is InChI=1S/C10H13N5/c11-7-9-3-6-13-10(15-9)14-8-1-4-12-5-2-8/h3,6,8,12H,1-2,4-5H2,(H,13,14,15). The van der Waals surface area contributed by atoms with Crippen molar-refractivity contribution in [2.45, 2.75) is 18.9 Å². The molecule has 0 aliphatic carbocycles. The predicted molar refractivity (Wildman–Crippen MR) is 56.3 cm³/mol. The third kappa shape index (κ3) is 2.64. The normalized spacial score (nSPS) is 17.0. The van der Waals surface area contributed by atoms with Gasteiger partial charge in [0.25, 0.3) is 0 Å². The Morgan fingerprint density at radius 2 is 2.27 bits per heavy atom. The van der Waals surface area contributed by atoms with Crippen LogP contribution in [0.1, 0.15) is 18.5 Å². The van der Waals surface area contributed by atoms with E-state index in [-0.39, 0.29) is 0 Å². The van der Waals surface area contributed by atoms with Gasteiger partial charge in [-0.25, -0.2) is 9.97 Å². The lowest BCUT2D eigenvalue weighted by Gasteiger charge is -2.23. The first-order valence-corrected chi connectivity index (χ1v) is 5.09. The number of hydrogen-bond donors (Lipinski definition) is 2. The highest BCUT2D eigenvalue weighted by Crippen LogP contribution is 2.08. The quantitative estimate of drug-likeness (QED) is 0.732. The third-order valence-electron chi connectivity index (χ3n) is 2.44. The van der Waals surface area contributed by atoms with Crippen LogP contribution in [0.3, 0.4) is 0 Å². The topological polar surface area (TPSA) is 73.6 Å². The van der Waals surface area contributed by atoms with E-state index in [9.17, 15) is 0 Å². The van der Waals surface area contributed by atoms with Gasteiger partial charge in [0.05, 0.1) is 0 Å². The monoisotopic (exact) mass is 203 g/mol. The minimum Gasteiger partial charge on any atom is -0.351 e. The predicted octanol–water partition coefficient (Wildman–Crippen LogP) is 0.512. The van der Waals surface area contributed by atoms with Crippen LogP contribution in [0, 0.1) is 11.3 Å². The average Bonchev–Trinajstić information content (AvgIpc) is 2.31. The second kappa shape index (κ2) is 4.71. The van der Waals surface area contributed by atoms with Crippen LogP contribution in [0.25, 0.3) is 0 Å². The van der Waals surface area contributed by atoms with Crippen LogP contribution in [-0.4, -0.2) is 29.1 Å². The summed E-state index contributed by atoms with van der Waals surface area (Å²) in [4.78, 5) is 8.17. The average molecular weight is 203 g/mol. The van der Waals surface area contributed by atoms with E-state index in [0.717, 1.165) is 25.9 Å². The summed E-state index contributed by atoms with van der Waals surface area (Å²) in [6, 6.07) is 4.02. The molecule has 78 valence electrons. The molecule has 1 aliphatic rings. The molecule has 0 spiro atoms. The van der Waals surface area contributed by atoms with E-state index in [4.69, 9.17) is 5.26 Å². The molecule has 0 unspecified atom stereocenters. The Kier molecular flexibility index (Phi) is 3.10. The van der Waals surface area contributed by atoms with Gasteiger partial charge in [-0.05, 0) is 32.0 Å². The van der Waals surface area contributed by atoms with Crippen molar-refractivity contribution in [2.24, 2.45) is 0 Å². The number of nitrogens with zero attached hydrogens (tertiary/aromatic N) is 3. The maximum Gasteiger partial charge on any atom is 0.224 e. The third-order valence-corrected chi connectivity index (χ3v) is 2.44. The Bertz CT molecular complexity index is 364. The minimum absolute atomic E-state index is 0.404. The summed E-state index contributed by atoms with van der Waals surface area (Å²) in [6.07, 6.45) is 3.75. The minimum atomic E-state index is 0.404. The lowest BCUT2D eigenvalue weighted by molar-refractivity contribution is 0.477. The molecule has 2 N–H and O–H groups in total. The van der Waals surface area contributed by atoms with Gasteiger partial charge in [0, 0.05) is 12.2 Å². The van der Waals surface area contributed by atoms with Crippen LogP contribution >= 0.6 is 0 Å². The van der Waals surface area contributed by atoms with Crippen molar-refractivity contribution in [3.63, 3.8) is 0 Å². The van der Waals surface area contributed by atoms with Gasteiger partial charge in [-0.3, -0.25) is 0 Å². The van der Waals surface area contributed by atoms with E-state index in [1.165, 1.54) is 0 Å². The van der Waals surface area contributed by atoms with Crippen LogP contribution in [0.2, 0.25) is 0 Å². The fraction of sp³-hybridized carbons (Fsp3) is 0.500. The fourth-order valence-corrected chi connectivity index (χ4v) is 1.64. The number of anilines is 1. The lowest BCUT2D eigenvalue weighted by atomic mass is 10.1. The zero-order valence-electron chi connectivity index (χ0n) is 8.40. The Labute approximate surface area is 88.5 Å². The Balaban J connectivity index is 2.00. The van der Waals surface area contributed by atoms with Gasteiger partial charge >= 0.3 is 0 Å². The summed E-state index contributed by atoms with van der Waals surface area (Å²) < 4.78 is 0. The lowest BCUT2D eigenvalue weighted by Crippen LogP contribution is -2.35. The van der Waals surface area contributed by atoms with Gasteiger partial charge in [-0.2, -0.15) is 5.26 Å². The molecule has 15 heavy (non-hydrogen) atoms. The largest absolute Gasteiger partial charge is 0.351 e. The number of nitrogens with one attached hydrogen (secondary N) is 2. The maximum absolute atomic E-state index is 8.69. The summed E-state index contributed by atoms with van der Waals surface area (Å²) >= 11 is 0. The maximum atomic E-state index is 8.69. The van der Waals surface area contributed by atoms with Crippen LogP contribution in [-0.2, 0) is 0 Å². The van der Waals surface area contributed by atoms with E-state index in [0.29, 0.717) is 17.7 Å². The molecule has 0 saturated carbocycles. The van der Waals surface area contributed by atoms with Crippen molar-refractivity contribution < 1.29 is 0 Å². The summed E-state index contributed by atoms with van der Waals surface area (Å²) in [5, 5.41) is 15.2. The Morgan fingerprint density at radius 3 is 3.00 bits per heavy atom. The van der Waals surface area contributed by atoms with Crippen LogP contribution in [0.5, 0.6) is 0 Å². The second-order valence-electron chi connectivity index (χ2n) is 3.55. The molecule has 1 aromatic rings. The van der Waals surface area contributed by atoms with E-state index in [1.54, 1.807) is 12.3 Å². The zero-order valence-corrected chi connectivity index (χ0v) is 8.40. The highest BCUT2D eigenvalue weighted by atomic mass is 15.1. The number of piperidine rings is 1. The molecule has 0 bridgehead atoms. The summed E-state index contributed by atoms with van der Waals surface area (Å²) in [5.74, 6) is 0.556. The van der Waals surface area contributed by atoms with Gasteiger partial charge in [0.2, 0.25) is 5.95 Å². The van der Waals surface area contributed by atoms with Crippen LogP contribution < -0.4 is 10.6 Å². The van der Waals surface area contributed by atoms with Gasteiger partial charge in [-0.1, -0.05) is 0 Å². The van der Waals surface area contributed by atoms with Crippen molar-refractivity contribution >= 4 is 5.95 Å². The van der Waals surface area contributed by atoms with Crippen LogP contribution in [0.4, 0.5) is 5.95 Å². The number of rotatable bonds is 2. The summed E-state index contributed by atoms with van der Waals surface area (Å²) in [5.41, 5.74) is 0.404. The SMILES string of the molecule is N#Cc1ccnc(NC2CCNCC2)n1. The molecule has 2 rings (SSSR count). The molecule has 0 radical (unpaired) electrons. The molecular formula is C10H13N5. The molecule has 0 atom stereocenters. The molecular weight excluding hydrogens is 190 g/mol. The number of nitriles is 1. The Hall–Kier alpha value is -1.67. The van der Waals surface area contributed by atoms with Crippen molar-refractivity contribution in [1.82, 2.24) is 15.3 Å². The van der Waals surface area contributed by atoms with Gasteiger partial charge in [-0.15, -0.1) is 0 Å². The van der Waals surface area contributed by atoms with E-state index in [1.807, 2.05) is 6.07 Å². The molecule has 2 heterocycles. The zero-order chi connectivity index (χ0) is 10.5. The van der Waals surface area contributed by atoms with Crippen molar-refractivity contribution in [1.29, 1.82) is 5.26 Å². The van der Waals surface area contributed by atoms with E-state index in [2.05, 4.69) is 20.6 Å². The Morgan fingerprint density at radius 1 is 1.47 bits per heavy atom. The molecule has 0 aromatic carbocycles. The molecule has 0 amide bonds. The highest BCUT2D eigenvalue weighted by Gasteiger charge is 2.13. The summed E-state index contributed by atoms with van der Waals surface area (Å²) in [6.45, 7) is 2.05. The molecule has 1 saturated heterocycles. The van der Waals surface area contributed by atoms with Gasteiger partial charge in [0.15, 0.2) is 0 Å². The van der Waals surface area contributed by atoms with E-state index >= 15 is 0 Å². The second-order valence-corrected chi connectivity index (χ2v) is 3.55. The summed E-state index contributed by atoms with van der Waals surface area (Å²) in [7, 11) is 0. The first-order chi connectivity index (χ1) is 7.38. The fourth-order valence-electron chi connectivity index (χ4n) is 1.64. The van der Waals surface area contributed by atoms with Crippen molar-refractivity contribution in [3.05, 3.63) is 18.0 Å². The molecule has 5 heteroatoms. The molecule has 1 aliphatic heterocycles. The van der Waals surface area contributed by atoms with Crippen molar-refractivity contribution in [3.8, 4) is 6.07 Å². The molecule has 5 nitrogen and oxygen atoms in total. The molecule has 1 fully saturated rings. The van der Waals surface area contributed by atoms with Gasteiger partial charge < -0.3 is 10.6 Å². The highest BCUT2D eigenvalue weighted by molar-refractivity contribution is 5.31. The van der Waals surface area contributed by atoms with Crippen LogP contribution in [0.15, 0.2) is 12.3 Å². The number of hydrogen-bond acceptors (Lipinski definition) is 5. The van der Waals surface area contributed by atoms with Crippen molar-refractivity contribution in [2.75, 3.05) is 18.4 Å². The smallest absolute Gasteiger partial charge is 0.224 e. The molecule has 1 aromatic heterocycles. The van der Waals surface area contributed by atoms with E-state index < -0.39 is 0 Å².